The Kier molecular flexibility index (Phi) is 2.80. The molecule has 1 saturated carbocycles. The predicted octanol–water partition coefficient (Wildman–Crippen LogP) is 3.28. The molecule has 1 aliphatic carbocycles. The third kappa shape index (κ3) is 1.52. The second-order valence-electron chi connectivity index (χ2n) is 7.78. The normalized spacial score (nSPS) is 38.1. The van der Waals surface area contributed by atoms with E-state index in [2.05, 4.69) is 71.7 Å². The molecule has 2 fully saturated rings. The number of anilines is 1. The van der Waals surface area contributed by atoms with Crippen molar-refractivity contribution in [3.8, 4) is 0 Å². The minimum atomic E-state index is 0.230. The molecule has 4 nitrogen and oxygen atoms in total. The summed E-state index contributed by atoms with van der Waals surface area (Å²) in [5.74, 6) is 2.04. The fourth-order valence-electron chi connectivity index (χ4n) is 4.99. The summed E-state index contributed by atoms with van der Waals surface area (Å²) in [7, 11) is 3.77. The lowest BCUT2D eigenvalue weighted by molar-refractivity contribution is 0.184. The lowest BCUT2D eigenvalue weighted by Crippen LogP contribution is -2.53. The van der Waals surface area contributed by atoms with Crippen LogP contribution < -0.4 is 4.90 Å². The molecule has 4 heteroatoms. The Balaban J connectivity index is 2.01. The Morgan fingerprint density at radius 1 is 1.09 bits per heavy atom. The van der Waals surface area contributed by atoms with Gasteiger partial charge in [0.2, 0.25) is 0 Å². The number of hydrogen-bond acceptors (Lipinski definition) is 2. The third-order valence-corrected chi connectivity index (χ3v) is 6.34. The summed E-state index contributed by atoms with van der Waals surface area (Å²) in [5.41, 5.74) is 3.24. The lowest BCUT2D eigenvalue weighted by Gasteiger charge is -2.44. The van der Waals surface area contributed by atoms with Crippen molar-refractivity contribution in [2.75, 3.05) is 19.0 Å². The first-order valence-electron chi connectivity index (χ1n) is 8.51. The van der Waals surface area contributed by atoms with Crippen LogP contribution in [0.25, 0.3) is 0 Å². The number of aliphatic imine (C=N–C) groups is 2. The smallest absolute Gasteiger partial charge is 0.173 e. The fourth-order valence-corrected chi connectivity index (χ4v) is 4.99. The molecule has 0 radical (unpaired) electrons. The minimum absolute atomic E-state index is 0.230. The summed E-state index contributed by atoms with van der Waals surface area (Å²) in [5, 5.41) is 0. The topological polar surface area (TPSA) is 31.2 Å². The van der Waals surface area contributed by atoms with Crippen LogP contribution in [0.2, 0.25) is 0 Å². The van der Waals surface area contributed by atoms with Gasteiger partial charge in [-0.25, -0.2) is 0 Å². The van der Waals surface area contributed by atoms with Crippen molar-refractivity contribution in [2.45, 2.75) is 51.7 Å². The monoisotopic (exact) mass is 310 g/mol. The van der Waals surface area contributed by atoms with Crippen molar-refractivity contribution < 1.29 is 0 Å². The first kappa shape index (κ1) is 14.7. The number of nitrogens with zero attached hydrogens (tertiary/aromatic N) is 4. The van der Waals surface area contributed by atoms with Crippen molar-refractivity contribution in [2.24, 2.45) is 15.4 Å². The van der Waals surface area contributed by atoms with Gasteiger partial charge in [-0.3, -0.25) is 9.98 Å². The summed E-state index contributed by atoms with van der Waals surface area (Å²) >= 11 is 0. The van der Waals surface area contributed by atoms with Crippen LogP contribution in [0.4, 0.5) is 5.69 Å². The van der Waals surface area contributed by atoms with E-state index in [9.17, 15) is 0 Å². The number of hydrogen-bond donors (Lipinski definition) is 0. The summed E-state index contributed by atoms with van der Waals surface area (Å²) < 4.78 is 0. The number of amidine groups is 2. The molecule has 1 aromatic rings. The molecule has 0 N–H and O–H groups in total. The quantitative estimate of drug-likeness (QED) is 0.797. The molecular formula is C19H26N4. The molecule has 0 bridgehead atoms. The maximum atomic E-state index is 4.63. The predicted molar refractivity (Wildman–Crippen MR) is 96.5 cm³/mol. The zero-order valence-electron chi connectivity index (χ0n) is 15.0. The van der Waals surface area contributed by atoms with E-state index in [-0.39, 0.29) is 10.8 Å². The van der Waals surface area contributed by atoms with Gasteiger partial charge in [-0.15, -0.1) is 0 Å². The van der Waals surface area contributed by atoms with Crippen molar-refractivity contribution in [3.63, 3.8) is 0 Å². The zero-order chi connectivity index (χ0) is 16.6. The van der Waals surface area contributed by atoms with Crippen LogP contribution in [0.3, 0.4) is 0 Å². The van der Waals surface area contributed by atoms with Crippen LogP contribution in [0, 0.1) is 5.41 Å². The molecule has 0 aromatic heterocycles. The zero-order valence-corrected chi connectivity index (χ0v) is 15.0. The van der Waals surface area contributed by atoms with Crippen LogP contribution >= 0.6 is 0 Å². The molecule has 3 unspecified atom stereocenters. The van der Waals surface area contributed by atoms with Crippen molar-refractivity contribution >= 4 is 17.4 Å². The molecule has 1 aromatic carbocycles. The Labute approximate surface area is 138 Å². The molecule has 0 amide bonds. The minimum Gasteiger partial charge on any atom is -0.330 e. The molecule has 122 valence electrons. The standard InChI is InChI=1S/C19H26N4/c1-12(2)22-15(20-5)16(21-6)23-14-10-8-7-9-13(14)18(3)11-19(18,4)17(22)23/h7-10,12,17H,11H2,1-6H3. The van der Waals surface area contributed by atoms with E-state index in [1.165, 1.54) is 17.7 Å². The van der Waals surface area contributed by atoms with E-state index in [0.29, 0.717) is 12.2 Å². The Morgan fingerprint density at radius 3 is 2.35 bits per heavy atom. The third-order valence-electron chi connectivity index (χ3n) is 6.34. The van der Waals surface area contributed by atoms with E-state index in [1.54, 1.807) is 0 Å². The lowest BCUT2D eigenvalue weighted by atomic mass is 9.81. The van der Waals surface area contributed by atoms with Crippen LogP contribution in [0.15, 0.2) is 34.3 Å². The molecule has 1 saturated heterocycles. The van der Waals surface area contributed by atoms with Crippen molar-refractivity contribution in [1.82, 2.24) is 4.90 Å². The van der Waals surface area contributed by atoms with Crippen LogP contribution in [0.1, 0.15) is 39.7 Å². The highest BCUT2D eigenvalue weighted by molar-refractivity contribution is 6.48. The van der Waals surface area contributed by atoms with Crippen LogP contribution in [0.5, 0.6) is 0 Å². The van der Waals surface area contributed by atoms with Gasteiger partial charge >= 0.3 is 0 Å². The number of rotatable bonds is 1. The summed E-state index contributed by atoms with van der Waals surface area (Å²) in [4.78, 5) is 14.2. The van der Waals surface area contributed by atoms with Gasteiger partial charge in [0.1, 0.15) is 6.17 Å². The van der Waals surface area contributed by atoms with Gasteiger partial charge in [0.15, 0.2) is 11.7 Å². The Bertz CT molecular complexity index is 735. The first-order valence-corrected chi connectivity index (χ1v) is 8.51. The van der Waals surface area contributed by atoms with E-state index in [1.807, 2.05) is 14.1 Å². The molecule has 2 aliphatic heterocycles. The molecule has 3 aliphatic rings. The van der Waals surface area contributed by atoms with E-state index in [0.717, 1.165) is 11.7 Å². The van der Waals surface area contributed by atoms with Gasteiger partial charge < -0.3 is 9.80 Å². The summed E-state index contributed by atoms with van der Waals surface area (Å²) in [6.45, 7) is 9.37. The Hall–Kier alpha value is -1.84. The molecule has 0 spiro atoms. The summed E-state index contributed by atoms with van der Waals surface area (Å²) in [6, 6.07) is 9.24. The van der Waals surface area contributed by atoms with E-state index >= 15 is 0 Å². The highest BCUT2D eigenvalue weighted by Gasteiger charge is 2.73. The van der Waals surface area contributed by atoms with E-state index in [4.69, 9.17) is 0 Å². The van der Waals surface area contributed by atoms with Gasteiger partial charge in [-0.2, -0.15) is 0 Å². The largest absolute Gasteiger partial charge is 0.330 e. The molecular weight excluding hydrogens is 284 g/mol. The molecule has 3 atom stereocenters. The van der Waals surface area contributed by atoms with Crippen LogP contribution in [-0.2, 0) is 5.41 Å². The van der Waals surface area contributed by atoms with Gasteiger partial charge in [0, 0.05) is 36.7 Å². The SMILES string of the molecule is CN=C1C(=NC)N(C(C)C)C2N1c1ccccc1C1(C)CC21C. The van der Waals surface area contributed by atoms with Gasteiger partial charge in [-0.1, -0.05) is 32.0 Å². The highest BCUT2D eigenvalue weighted by Crippen LogP contribution is 2.72. The second-order valence-corrected chi connectivity index (χ2v) is 7.78. The average molecular weight is 310 g/mol. The summed E-state index contributed by atoms with van der Waals surface area (Å²) in [6.07, 6.45) is 1.52. The van der Waals surface area contributed by atoms with Crippen molar-refractivity contribution in [3.05, 3.63) is 29.8 Å². The first-order chi connectivity index (χ1) is 10.9. The molecule has 4 rings (SSSR count). The van der Waals surface area contributed by atoms with Gasteiger partial charge in [0.05, 0.1) is 0 Å². The van der Waals surface area contributed by atoms with Gasteiger partial charge in [-0.05, 0) is 31.9 Å². The molecule has 23 heavy (non-hydrogen) atoms. The van der Waals surface area contributed by atoms with Crippen LogP contribution in [-0.4, -0.2) is 42.9 Å². The average Bonchev–Trinajstić information content (AvgIpc) is 2.96. The maximum Gasteiger partial charge on any atom is 0.173 e. The maximum absolute atomic E-state index is 4.63. The second kappa shape index (κ2) is 4.37. The van der Waals surface area contributed by atoms with Crippen molar-refractivity contribution in [1.29, 1.82) is 0 Å². The fraction of sp³-hybridized carbons (Fsp3) is 0.579. The van der Waals surface area contributed by atoms with E-state index < -0.39 is 0 Å². The van der Waals surface area contributed by atoms with Gasteiger partial charge in [0.25, 0.3) is 0 Å². The Morgan fingerprint density at radius 2 is 1.74 bits per heavy atom. The number of para-hydroxylation sites is 1. The number of fused-ring (bicyclic) bond motifs is 6. The highest BCUT2D eigenvalue weighted by atomic mass is 15.5. The molecule has 2 heterocycles. The number of benzene rings is 1.